The molecule has 0 unspecified atom stereocenters. The fraction of sp³-hybridized carbons (Fsp3) is 0. The van der Waals surface area contributed by atoms with Gasteiger partial charge in [0, 0.05) is 0 Å². The number of hydrogen-bond acceptors (Lipinski definition) is 2. The minimum atomic E-state index is 0. The average molecular weight is 170 g/mol. The summed E-state index contributed by atoms with van der Waals surface area (Å²) in [5.41, 5.74) is 0. The van der Waals surface area contributed by atoms with E-state index in [1.165, 1.54) is 0 Å². The van der Waals surface area contributed by atoms with Gasteiger partial charge in [-0.2, -0.15) is 5.10 Å². The minimum Gasteiger partial charge on any atom is -0.266 e. The van der Waals surface area contributed by atoms with Crippen LogP contribution in [0.3, 0.4) is 0 Å². The number of aromatic amines is 1. The zero-order valence-electron chi connectivity index (χ0n) is 4.89. The van der Waals surface area contributed by atoms with E-state index in [9.17, 15) is 0 Å². The number of aromatic nitrogens is 2. The minimum absolute atomic E-state index is 0. The Morgan fingerprint density at radius 1 is 1.56 bits per heavy atom. The van der Waals surface area contributed by atoms with Crippen molar-refractivity contribution in [3.05, 3.63) is 21.9 Å². The van der Waals surface area contributed by atoms with Crippen molar-refractivity contribution >= 4 is 23.8 Å². The monoisotopic (exact) mass is 169 g/mol. The molecule has 1 heterocycles. The third-order valence-corrected chi connectivity index (χ3v) is 1.08. The van der Waals surface area contributed by atoms with E-state index in [4.69, 9.17) is 23.8 Å². The molecule has 0 amide bonds. The predicted octanol–water partition coefficient (Wildman–Crippen LogP) is -1.20. The third kappa shape index (κ3) is 3.33. The smallest absolute Gasteiger partial charge is 0.266 e. The molecule has 0 aliphatic rings. The molecule has 2 nitrogen and oxygen atoms in total. The molecule has 0 spiro atoms. The Hall–Kier alpha value is 0.590. The van der Waals surface area contributed by atoms with Gasteiger partial charge < -0.3 is 0 Å². The van der Waals surface area contributed by atoms with E-state index < -0.39 is 0 Å². The molecule has 0 aromatic carbocycles. The van der Waals surface area contributed by atoms with Crippen molar-refractivity contribution in [2.24, 2.45) is 0 Å². The fourth-order valence-electron chi connectivity index (χ4n) is 0.327. The Morgan fingerprint density at radius 2 is 2.22 bits per heavy atom. The Bertz CT molecular complexity index is 216. The van der Waals surface area contributed by atoms with Crippen LogP contribution in [0.4, 0.5) is 0 Å². The topological polar surface area (TPSA) is 28.7 Å². The molecule has 0 radical (unpaired) electrons. The van der Waals surface area contributed by atoms with Crippen LogP contribution in [0.25, 0.3) is 0 Å². The standard InChI is InChI=1S/C4H3ClN2S.Na/c5-3-1-2-4(8)7-6-3;/h1-2H,(H,7,8);/q;+1. The summed E-state index contributed by atoms with van der Waals surface area (Å²) in [5.74, 6) is 0. The first-order valence-electron chi connectivity index (χ1n) is 2.00. The Morgan fingerprint density at radius 3 is 2.56 bits per heavy atom. The molecule has 5 heteroatoms. The second-order valence-corrected chi connectivity index (χ2v) is 2.07. The number of halogens is 1. The molecule has 1 N–H and O–H groups in total. The van der Waals surface area contributed by atoms with Gasteiger partial charge >= 0.3 is 29.6 Å². The Labute approximate surface area is 84.9 Å². The molecule has 42 valence electrons. The quantitative estimate of drug-likeness (QED) is 0.390. The van der Waals surface area contributed by atoms with E-state index in [0.29, 0.717) is 9.79 Å². The maximum atomic E-state index is 5.42. The first-order valence-corrected chi connectivity index (χ1v) is 2.79. The van der Waals surface area contributed by atoms with E-state index in [1.54, 1.807) is 12.1 Å². The van der Waals surface area contributed by atoms with Gasteiger partial charge in [-0.1, -0.05) is 23.8 Å². The zero-order valence-corrected chi connectivity index (χ0v) is 8.46. The van der Waals surface area contributed by atoms with Gasteiger partial charge in [-0.05, 0) is 12.1 Å². The van der Waals surface area contributed by atoms with Crippen molar-refractivity contribution in [3.8, 4) is 0 Å². The van der Waals surface area contributed by atoms with E-state index in [2.05, 4.69) is 10.2 Å². The summed E-state index contributed by atoms with van der Waals surface area (Å²) in [6.07, 6.45) is 0. The second-order valence-electron chi connectivity index (χ2n) is 1.24. The second kappa shape index (κ2) is 4.41. The molecule has 1 rings (SSSR count). The molecule has 0 saturated heterocycles. The largest absolute Gasteiger partial charge is 1.00 e. The van der Waals surface area contributed by atoms with Gasteiger partial charge in [-0.15, -0.1) is 0 Å². The zero-order chi connectivity index (χ0) is 5.98. The van der Waals surface area contributed by atoms with E-state index >= 15 is 0 Å². The predicted molar refractivity (Wildman–Crippen MR) is 34.4 cm³/mol. The summed E-state index contributed by atoms with van der Waals surface area (Å²) >= 11 is 10.1. The summed E-state index contributed by atoms with van der Waals surface area (Å²) < 4.78 is 0.592. The van der Waals surface area contributed by atoms with Gasteiger partial charge in [0.05, 0.1) is 0 Å². The van der Waals surface area contributed by atoms with E-state index in [0.717, 1.165) is 0 Å². The SMILES string of the molecule is S=c1ccc(Cl)n[nH]1.[Na+]. The van der Waals surface area contributed by atoms with Crippen LogP contribution in [0.2, 0.25) is 5.15 Å². The van der Waals surface area contributed by atoms with Crippen molar-refractivity contribution in [2.75, 3.05) is 0 Å². The molecule has 0 atom stereocenters. The first-order chi connectivity index (χ1) is 3.79. The number of hydrogen-bond donors (Lipinski definition) is 1. The Kier molecular flexibility index (Phi) is 4.70. The summed E-state index contributed by atoms with van der Waals surface area (Å²) in [6.45, 7) is 0. The molecule has 0 bridgehead atoms. The fourth-order valence-corrected chi connectivity index (χ4v) is 0.546. The summed E-state index contributed by atoms with van der Waals surface area (Å²) in [4.78, 5) is 0. The van der Waals surface area contributed by atoms with Crippen LogP contribution >= 0.6 is 23.8 Å². The maximum absolute atomic E-state index is 5.42. The van der Waals surface area contributed by atoms with Crippen LogP contribution < -0.4 is 29.6 Å². The van der Waals surface area contributed by atoms with Crippen LogP contribution in [0.15, 0.2) is 12.1 Å². The molecular weight excluding hydrogens is 167 g/mol. The summed E-state index contributed by atoms with van der Waals surface area (Å²) in [7, 11) is 0. The van der Waals surface area contributed by atoms with Crippen molar-refractivity contribution in [1.82, 2.24) is 10.2 Å². The molecular formula is C4H3ClN2NaS+. The molecule has 0 saturated carbocycles. The van der Waals surface area contributed by atoms with E-state index in [-0.39, 0.29) is 29.6 Å². The van der Waals surface area contributed by atoms with Crippen molar-refractivity contribution in [2.45, 2.75) is 0 Å². The first kappa shape index (κ1) is 9.59. The third-order valence-electron chi connectivity index (χ3n) is 0.645. The van der Waals surface area contributed by atoms with Crippen LogP contribution in [-0.4, -0.2) is 10.2 Å². The van der Waals surface area contributed by atoms with Crippen LogP contribution in [0.1, 0.15) is 0 Å². The van der Waals surface area contributed by atoms with Crippen LogP contribution in [0.5, 0.6) is 0 Å². The van der Waals surface area contributed by atoms with Gasteiger partial charge in [0.15, 0.2) is 0 Å². The molecule has 0 fully saturated rings. The Balaban J connectivity index is 0.000000640. The van der Waals surface area contributed by atoms with Gasteiger partial charge in [0.2, 0.25) is 0 Å². The maximum Gasteiger partial charge on any atom is 1.00 e. The number of nitrogens with zero attached hydrogens (tertiary/aromatic N) is 1. The molecule has 1 aromatic rings. The normalized spacial score (nSPS) is 8.11. The number of nitrogens with one attached hydrogen (secondary N) is 1. The molecule has 1 aromatic heterocycles. The van der Waals surface area contributed by atoms with Crippen molar-refractivity contribution < 1.29 is 29.6 Å². The number of rotatable bonds is 0. The number of H-pyrrole nitrogens is 1. The van der Waals surface area contributed by atoms with Crippen molar-refractivity contribution in [3.63, 3.8) is 0 Å². The van der Waals surface area contributed by atoms with Crippen LogP contribution in [-0.2, 0) is 0 Å². The van der Waals surface area contributed by atoms with Crippen molar-refractivity contribution in [1.29, 1.82) is 0 Å². The summed E-state index contributed by atoms with van der Waals surface area (Å²) in [5, 5.41) is 6.58. The summed E-state index contributed by atoms with van der Waals surface area (Å²) in [6, 6.07) is 3.32. The van der Waals surface area contributed by atoms with Gasteiger partial charge in [-0.25, -0.2) is 0 Å². The molecule has 9 heavy (non-hydrogen) atoms. The van der Waals surface area contributed by atoms with Crippen LogP contribution in [0, 0.1) is 4.64 Å². The van der Waals surface area contributed by atoms with Gasteiger partial charge in [0.25, 0.3) is 0 Å². The molecule has 0 aliphatic heterocycles. The molecule has 0 aliphatic carbocycles. The van der Waals surface area contributed by atoms with Gasteiger partial charge in [0.1, 0.15) is 9.79 Å². The van der Waals surface area contributed by atoms with E-state index in [1.807, 2.05) is 0 Å². The van der Waals surface area contributed by atoms with Gasteiger partial charge in [-0.3, -0.25) is 5.10 Å². The average Bonchev–Trinajstić information content (AvgIpc) is 1.77.